The number of methoxy groups -OCH3 is 1. The van der Waals surface area contributed by atoms with E-state index in [2.05, 4.69) is 10.1 Å². The number of halogens is 2. The van der Waals surface area contributed by atoms with Crippen molar-refractivity contribution in [3.05, 3.63) is 60.0 Å². The maximum Gasteiger partial charge on any atom is 0.246 e. The van der Waals surface area contributed by atoms with Crippen LogP contribution in [-0.2, 0) is 21.4 Å². The first-order valence-electron chi connectivity index (χ1n) is 9.67. The monoisotopic (exact) mass is 480 g/mol. The van der Waals surface area contributed by atoms with Crippen LogP contribution in [0.2, 0.25) is 0 Å². The molecule has 3 rings (SSSR count). The van der Waals surface area contributed by atoms with Gasteiger partial charge in [0.2, 0.25) is 27.6 Å². The summed E-state index contributed by atoms with van der Waals surface area (Å²) in [6, 6.07) is 8.36. The van der Waals surface area contributed by atoms with E-state index in [1.54, 1.807) is 24.3 Å². The van der Waals surface area contributed by atoms with Gasteiger partial charge in [0.15, 0.2) is 11.6 Å². The van der Waals surface area contributed by atoms with Crippen LogP contribution in [0.15, 0.2) is 47.0 Å². The number of aromatic nitrogens is 2. The smallest absolute Gasteiger partial charge is 0.246 e. The van der Waals surface area contributed by atoms with Crippen molar-refractivity contribution in [3.8, 4) is 17.1 Å². The fourth-order valence-electron chi connectivity index (χ4n) is 3.22. The number of anilines is 1. The van der Waals surface area contributed by atoms with Crippen LogP contribution in [0.3, 0.4) is 0 Å². The maximum absolute atomic E-state index is 13.7. The van der Waals surface area contributed by atoms with Crippen molar-refractivity contribution in [2.24, 2.45) is 0 Å². The number of carbonyl (C=O) groups is 1. The lowest BCUT2D eigenvalue weighted by molar-refractivity contribution is -0.131. The van der Waals surface area contributed by atoms with E-state index in [0.717, 1.165) is 28.8 Å². The van der Waals surface area contributed by atoms with E-state index >= 15 is 0 Å². The van der Waals surface area contributed by atoms with E-state index in [1.807, 2.05) is 0 Å². The molecule has 0 aliphatic rings. The zero-order valence-corrected chi connectivity index (χ0v) is 19.1. The number of hydrogen-bond acceptors (Lipinski definition) is 7. The molecule has 0 bridgehead atoms. The Morgan fingerprint density at radius 3 is 2.55 bits per heavy atom. The Balaban J connectivity index is 1.79. The number of rotatable bonds is 8. The minimum atomic E-state index is -4.00. The lowest BCUT2D eigenvalue weighted by Crippen LogP contribution is -2.48. The Hall–Kier alpha value is -3.54. The normalized spacial score (nSPS) is 12.3. The van der Waals surface area contributed by atoms with Crippen LogP contribution in [0, 0.1) is 11.6 Å². The summed E-state index contributed by atoms with van der Waals surface area (Å²) in [4.78, 5) is 18.4. The average molecular weight is 480 g/mol. The van der Waals surface area contributed by atoms with Crippen LogP contribution in [-0.4, -0.2) is 55.8 Å². The SMILES string of the molecule is COc1cccc(-c2noc(CN(C)C(=O)C(C)N(c3ccc(F)c(F)c3)S(C)(=O)=O)n2)c1. The third-order valence-electron chi connectivity index (χ3n) is 4.77. The number of hydrogen-bond donors (Lipinski definition) is 0. The lowest BCUT2D eigenvalue weighted by atomic mass is 10.2. The van der Waals surface area contributed by atoms with Crippen molar-refractivity contribution in [2.75, 3.05) is 24.7 Å². The van der Waals surface area contributed by atoms with Crippen LogP contribution in [0.1, 0.15) is 12.8 Å². The summed E-state index contributed by atoms with van der Waals surface area (Å²) in [5, 5.41) is 3.90. The fraction of sp³-hybridized carbons (Fsp3) is 0.286. The summed E-state index contributed by atoms with van der Waals surface area (Å²) in [5.74, 6) is -1.96. The van der Waals surface area contributed by atoms with Gasteiger partial charge >= 0.3 is 0 Å². The molecule has 1 aromatic heterocycles. The van der Waals surface area contributed by atoms with Crippen LogP contribution in [0.4, 0.5) is 14.5 Å². The molecule has 1 unspecified atom stereocenters. The Morgan fingerprint density at radius 2 is 1.91 bits per heavy atom. The minimum absolute atomic E-state index is 0.102. The van der Waals surface area contributed by atoms with Gasteiger partial charge in [0.05, 0.1) is 25.6 Å². The number of likely N-dealkylation sites (N-methyl/N-ethyl adjacent to an activating group) is 1. The lowest BCUT2D eigenvalue weighted by Gasteiger charge is -2.30. The molecule has 0 saturated heterocycles. The third kappa shape index (κ3) is 5.45. The van der Waals surface area contributed by atoms with Crippen molar-refractivity contribution in [1.82, 2.24) is 15.0 Å². The van der Waals surface area contributed by atoms with Gasteiger partial charge in [-0.1, -0.05) is 17.3 Å². The summed E-state index contributed by atoms with van der Waals surface area (Å²) in [6.07, 6.45) is 0.871. The topological polar surface area (TPSA) is 106 Å². The predicted molar refractivity (Wildman–Crippen MR) is 116 cm³/mol. The summed E-state index contributed by atoms with van der Waals surface area (Å²) in [7, 11) is -1.04. The van der Waals surface area contributed by atoms with E-state index in [-0.39, 0.29) is 23.9 Å². The highest BCUT2D eigenvalue weighted by atomic mass is 32.2. The van der Waals surface area contributed by atoms with E-state index in [9.17, 15) is 22.0 Å². The van der Waals surface area contributed by atoms with E-state index in [4.69, 9.17) is 9.26 Å². The van der Waals surface area contributed by atoms with Gasteiger partial charge in [0, 0.05) is 18.7 Å². The molecule has 1 atom stereocenters. The largest absolute Gasteiger partial charge is 0.497 e. The van der Waals surface area contributed by atoms with Gasteiger partial charge in [-0.3, -0.25) is 9.10 Å². The molecule has 1 heterocycles. The van der Waals surface area contributed by atoms with Crippen molar-refractivity contribution in [3.63, 3.8) is 0 Å². The van der Waals surface area contributed by atoms with Crippen LogP contribution in [0.5, 0.6) is 5.75 Å². The molecular weight excluding hydrogens is 458 g/mol. The first kappa shape index (κ1) is 24.1. The Labute approximate surface area is 189 Å². The first-order valence-corrected chi connectivity index (χ1v) is 11.5. The van der Waals surface area contributed by atoms with Gasteiger partial charge < -0.3 is 14.2 Å². The number of sulfonamides is 1. The summed E-state index contributed by atoms with van der Waals surface area (Å²) < 4.78 is 62.8. The number of carbonyl (C=O) groups excluding carboxylic acids is 1. The second-order valence-corrected chi connectivity index (χ2v) is 9.13. The zero-order valence-electron chi connectivity index (χ0n) is 18.3. The molecule has 0 saturated carbocycles. The summed E-state index contributed by atoms with van der Waals surface area (Å²) >= 11 is 0. The minimum Gasteiger partial charge on any atom is -0.497 e. The Morgan fingerprint density at radius 1 is 1.18 bits per heavy atom. The van der Waals surface area contributed by atoms with Crippen LogP contribution < -0.4 is 9.04 Å². The van der Waals surface area contributed by atoms with E-state index < -0.39 is 33.6 Å². The van der Waals surface area contributed by atoms with Crippen LogP contribution >= 0.6 is 0 Å². The Kier molecular flexibility index (Phi) is 6.96. The summed E-state index contributed by atoms with van der Waals surface area (Å²) in [6.45, 7) is 1.24. The molecule has 9 nitrogen and oxygen atoms in total. The standard InChI is InChI=1S/C21H22F2N4O5S/c1-13(27(33(4,29)30)15-8-9-17(22)18(23)11-15)21(28)26(2)12-19-24-20(25-32-19)14-6-5-7-16(10-14)31-3/h5-11,13H,12H2,1-4H3. The first-order chi connectivity index (χ1) is 15.5. The average Bonchev–Trinajstić information content (AvgIpc) is 3.23. The van der Waals surface area contributed by atoms with E-state index in [1.165, 1.54) is 26.0 Å². The maximum atomic E-state index is 13.7. The molecule has 2 aromatic carbocycles. The highest BCUT2D eigenvalue weighted by Crippen LogP contribution is 2.25. The molecular formula is C21H22F2N4O5S. The molecule has 0 N–H and O–H groups in total. The molecule has 0 spiro atoms. The highest BCUT2D eigenvalue weighted by Gasteiger charge is 2.32. The molecule has 12 heteroatoms. The van der Waals surface area contributed by atoms with Crippen molar-refractivity contribution < 1.29 is 31.3 Å². The number of nitrogens with zero attached hydrogens (tertiary/aromatic N) is 4. The van der Waals surface area contributed by atoms with Gasteiger partial charge in [-0.2, -0.15) is 4.98 Å². The quantitative estimate of drug-likeness (QED) is 0.488. The Bertz CT molecular complexity index is 1270. The van der Waals surface area contributed by atoms with Gasteiger partial charge in [-0.25, -0.2) is 17.2 Å². The number of benzene rings is 2. The van der Waals surface area contributed by atoms with Gasteiger partial charge in [-0.15, -0.1) is 0 Å². The molecule has 0 aliphatic carbocycles. The van der Waals surface area contributed by atoms with Gasteiger partial charge in [-0.05, 0) is 31.2 Å². The zero-order chi connectivity index (χ0) is 24.3. The molecule has 0 radical (unpaired) electrons. The fourth-order valence-corrected chi connectivity index (χ4v) is 4.38. The molecule has 0 fully saturated rings. The third-order valence-corrected chi connectivity index (χ3v) is 6.01. The molecule has 33 heavy (non-hydrogen) atoms. The molecule has 1 amide bonds. The van der Waals surface area contributed by atoms with Crippen molar-refractivity contribution >= 4 is 21.6 Å². The number of amides is 1. The van der Waals surface area contributed by atoms with Crippen molar-refractivity contribution in [2.45, 2.75) is 19.5 Å². The molecule has 0 aliphatic heterocycles. The van der Waals surface area contributed by atoms with E-state index in [0.29, 0.717) is 11.3 Å². The second-order valence-electron chi connectivity index (χ2n) is 7.27. The highest BCUT2D eigenvalue weighted by molar-refractivity contribution is 7.92. The molecule has 176 valence electrons. The van der Waals surface area contributed by atoms with Crippen LogP contribution in [0.25, 0.3) is 11.4 Å². The second kappa shape index (κ2) is 9.53. The molecule has 3 aromatic rings. The number of ether oxygens (including phenoxy) is 1. The van der Waals surface area contributed by atoms with Gasteiger partial charge in [0.25, 0.3) is 0 Å². The van der Waals surface area contributed by atoms with Crippen molar-refractivity contribution in [1.29, 1.82) is 0 Å². The van der Waals surface area contributed by atoms with Gasteiger partial charge in [0.1, 0.15) is 11.8 Å². The summed E-state index contributed by atoms with van der Waals surface area (Å²) in [5.41, 5.74) is 0.469. The predicted octanol–water partition coefficient (Wildman–Crippen LogP) is 2.84.